The van der Waals surface area contributed by atoms with Gasteiger partial charge in [-0.1, -0.05) is 41.7 Å². The molecular formula is C21H17FN6O3S. The molecule has 0 fully saturated rings. The lowest BCUT2D eigenvalue weighted by molar-refractivity contribution is 0.1000. The zero-order chi connectivity index (χ0) is 22.4. The Bertz CT molecular complexity index is 1390. The van der Waals surface area contributed by atoms with Crippen LogP contribution in [0.25, 0.3) is 5.69 Å². The van der Waals surface area contributed by atoms with Crippen molar-refractivity contribution in [3.63, 3.8) is 0 Å². The lowest BCUT2D eigenvalue weighted by Gasteiger charge is -2.12. The molecule has 5 rings (SSSR count). The normalized spacial score (nSPS) is 15.0. The number of ether oxygens (including phenoxy) is 1. The number of pyridine rings is 1. The van der Waals surface area contributed by atoms with E-state index < -0.39 is 11.7 Å². The van der Waals surface area contributed by atoms with Crippen LogP contribution in [-0.2, 0) is 6.42 Å². The molecule has 3 aromatic heterocycles. The quantitative estimate of drug-likeness (QED) is 0.498. The first-order chi connectivity index (χ1) is 15.4. The molecule has 0 radical (unpaired) electrons. The fraction of sp³-hybridized carbons (Fsp3) is 0.190. The lowest BCUT2D eigenvalue weighted by atomic mass is 10.1. The smallest absolute Gasteiger partial charge is 0.351 e. The van der Waals surface area contributed by atoms with Crippen molar-refractivity contribution < 1.29 is 13.9 Å². The number of nitrogens with zero attached hydrogens (tertiary/aromatic N) is 5. The summed E-state index contributed by atoms with van der Waals surface area (Å²) in [5, 5.41) is 4.66. The molecule has 1 aliphatic heterocycles. The van der Waals surface area contributed by atoms with Gasteiger partial charge in [-0.25, -0.2) is 19.2 Å². The predicted octanol–water partition coefficient (Wildman–Crippen LogP) is 2.76. The van der Waals surface area contributed by atoms with E-state index in [4.69, 9.17) is 10.5 Å². The van der Waals surface area contributed by atoms with Crippen LogP contribution in [-0.4, -0.2) is 30.2 Å². The van der Waals surface area contributed by atoms with Crippen LogP contribution in [0.1, 0.15) is 39.3 Å². The van der Waals surface area contributed by atoms with E-state index in [0.717, 1.165) is 34.1 Å². The van der Waals surface area contributed by atoms with Crippen molar-refractivity contribution >= 4 is 17.2 Å². The molecule has 0 saturated heterocycles. The first kappa shape index (κ1) is 20.1. The maximum atomic E-state index is 14.8. The van der Waals surface area contributed by atoms with Gasteiger partial charge >= 0.3 is 5.69 Å². The SMILES string of the molecule is Cc1nc(C(N)=O)sc1Oc1ncc(-n2nc3n(c2=O)[C@@H](c2ccccc2)CC3)cc1F. The van der Waals surface area contributed by atoms with Crippen LogP contribution >= 0.6 is 11.3 Å². The van der Waals surface area contributed by atoms with E-state index >= 15 is 0 Å². The van der Waals surface area contributed by atoms with E-state index in [-0.39, 0.29) is 33.4 Å². The van der Waals surface area contributed by atoms with E-state index in [1.165, 1.54) is 6.20 Å². The number of aromatic nitrogens is 5. The Morgan fingerprint density at radius 3 is 2.78 bits per heavy atom. The molecule has 2 N–H and O–H groups in total. The largest absolute Gasteiger partial charge is 0.423 e. The standard InChI is InChI=1S/C21H17FN6O3S/c1-11-20(32-19(25-11)17(23)29)31-18-14(22)9-13(10-24-18)28-21(30)27-15(7-8-16(27)26-28)12-5-3-2-4-6-12/h2-6,9-10,15H,7-8H2,1H3,(H2,23,29)/t15-/m1/s1. The molecule has 9 nitrogen and oxygen atoms in total. The van der Waals surface area contributed by atoms with E-state index in [1.807, 2.05) is 30.3 Å². The number of nitrogens with two attached hydrogens (primary N) is 1. The topological polar surface area (TPSA) is 118 Å². The summed E-state index contributed by atoms with van der Waals surface area (Å²) in [6.07, 6.45) is 2.74. The molecule has 162 valence electrons. The van der Waals surface area contributed by atoms with Crippen molar-refractivity contribution in [2.75, 3.05) is 0 Å². The fourth-order valence-electron chi connectivity index (χ4n) is 3.73. The number of aryl methyl sites for hydroxylation is 2. The summed E-state index contributed by atoms with van der Waals surface area (Å²) >= 11 is 0.903. The number of benzene rings is 1. The van der Waals surface area contributed by atoms with Gasteiger partial charge in [0.05, 0.1) is 23.6 Å². The first-order valence-corrected chi connectivity index (χ1v) is 10.6. The third-order valence-corrected chi connectivity index (χ3v) is 6.26. The Hall–Kier alpha value is -3.86. The monoisotopic (exact) mass is 452 g/mol. The summed E-state index contributed by atoms with van der Waals surface area (Å²) in [6.45, 7) is 1.61. The maximum Gasteiger partial charge on any atom is 0.351 e. The molecule has 1 amide bonds. The van der Waals surface area contributed by atoms with Crippen LogP contribution in [0.15, 0.2) is 47.4 Å². The number of thiazole rings is 1. The summed E-state index contributed by atoms with van der Waals surface area (Å²) in [5.41, 5.74) is 6.46. The Kier molecular flexibility index (Phi) is 4.82. The van der Waals surface area contributed by atoms with Gasteiger partial charge in [0.15, 0.2) is 10.8 Å². The third kappa shape index (κ3) is 3.36. The minimum atomic E-state index is -0.782. The van der Waals surface area contributed by atoms with Crippen molar-refractivity contribution in [3.8, 4) is 16.6 Å². The Labute approximate surface area is 184 Å². The number of fused-ring (bicyclic) bond motifs is 1. The number of carbonyl (C=O) groups excluding carboxylic acids is 1. The molecule has 11 heteroatoms. The molecule has 4 aromatic rings. The van der Waals surface area contributed by atoms with Crippen LogP contribution in [0.2, 0.25) is 0 Å². The number of amides is 1. The molecule has 0 saturated carbocycles. The molecule has 1 aromatic carbocycles. The van der Waals surface area contributed by atoms with Crippen molar-refractivity contribution in [1.29, 1.82) is 0 Å². The number of primary amides is 1. The first-order valence-electron chi connectivity index (χ1n) is 9.78. The van der Waals surface area contributed by atoms with Gasteiger partial charge in [-0.15, -0.1) is 5.10 Å². The Morgan fingerprint density at radius 1 is 1.31 bits per heavy atom. The minimum Gasteiger partial charge on any atom is -0.423 e. The molecule has 1 aliphatic rings. The molecule has 4 heterocycles. The summed E-state index contributed by atoms with van der Waals surface area (Å²) in [5.74, 6) is -1.14. The van der Waals surface area contributed by atoms with Crippen LogP contribution in [0.5, 0.6) is 10.9 Å². The maximum absolute atomic E-state index is 14.8. The number of carbonyl (C=O) groups is 1. The highest BCUT2D eigenvalue weighted by Crippen LogP contribution is 2.32. The predicted molar refractivity (Wildman–Crippen MR) is 114 cm³/mol. The van der Waals surface area contributed by atoms with Gasteiger partial charge in [0.25, 0.3) is 11.8 Å². The second kappa shape index (κ2) is 7.68. The van der Waals surface area contributed by atoms with Crippen LogP contribution in [0.3, 0.4) is 0 Å². The average molecular weight is 452 g/mol. The molecular weight excluding hydrogens is 435 g/mol. The van der Waals surface area contributed by atoms with Crippen molar-refractivity contribution in [1.82, 2.24) is 24.3 Å². The van der Waals surface area contributed by atoms with Gasteiger partial charge < -0.3 is 10.5 Å². The van der Waals surface area contributed by atoms with Gasteiger partial charge in [0.1, 0.15) is 5.82 Å². The van der Waals surface area contributed by atoms with Crippen LogP contribution < -0.4 is 16.2 Å². The lowest BCUT2D eigenvalue weighted by Crippen LogP contribution is -2.26. The van der Waals surface area contributed by atoms with E-state index in [2.05, 4.69) is 15.1 Å². The highest BCUT2D eigenvalue weighted by Gasteiger charge is 2.29. The van der Waals surface area contributed by atoms with Gasteiger partial charge in [-0.2, -0.15) is 4.68 Å². The van der Waals surface area contributed by atoms with Gasteiger partial charge in [0, 0.05) is 12.5 Å². The second-order valence-corrected chi connectivity index (χ2v) is 8.25. The number of rotatable bonds is 5. The fourth-order valence-corrected chi connectivity index (χ4v) is 4.51. The van der Waals surface area contributed by atoms with Crippen molar-refractivity contribution in [2.45, 2.75) is 25.8 Å². The third-order valence-electron chi connectivity index (χ3n) is 5.21. The van der Waals surface area contributed by atoms with E-state index in [9.17, 15) is 14.0 Å². The highest BCUT2D eigenvalue weighted by molar-refractivity contribution is 7.15. The zero-order valence-corrected chi connectivity index (χ0v) is 17.7. The number of halogens is 1. The highest BCUT2D eigenvalue weighted by atomic mass is 32.1. The Balaban J connectivity index is 1.46. The van der Waals surface area contributed by atoms with Gasteiger partial charge in [0.2, 0.25) is 5.06 Å². The molecule has 32 heavy (non-hydrogen) atoms. The van der Waals surface area contributed by atoms with E-state index in [0.29, 0.717) is 17.9 Å². The summed E-state index contributed by atoms with van der Waals surface area (Å²) in [6, 6.07) is 10.8. The van der Waals surface area contributed by atoms with Crippen LogP contribution in [0, 0.1) is 12.7 Å². The second-order valence-electron chi connectivity index (χ2n) is 7.28. The van der Waals surface area contributed by atoms with Crippen LogP contribution in [0.4, 0.5) is 4.39 Å². The average Bonchev–Trinajstić information content (AvgIpc) is 3.45. The Morgan fingerprint density at radius 2 is 2.09 bits per heavy atom. The summed E-state index contributed by atoms with van der Waals surface area (Å²) in [4.78, 5) is 32.3. The molecule has 0 unspecified atom stereocenters. The zero-order valence-electron chi connectivity index (χ0n) is 16.9. The molecule has 1 atom stereocenters. The molecule has 0 aliphatic carbocycles. The number of hydrogen-bond donors (Lipinski definition) is 1. The van der Waals surface area contributed by atoms with Gasteiger partial charge in [-0.05, 0) is 18.9 Å². The summed E-state index contributed by atoms with van der Waals surface area (Å²) < 4.78 is 23.0. The number of hydrogen-bond acceptors (Lipinski definition) is 7. The van der Waals surface area contributed by atoms with Gasteiger partial charge in [-0.3, -0.25) is 9.36 Å². The van der Waals surface area contributed by atoms with Crippen molar-refractivity contribution in [3.05, 3.63) is 81.0 Å². The molecule has 0 bridgehead atoms. The minimum absolute atomic E-state index is 0.0570. The summed E-state index contributed by atoms with van der Waals surface area (Å²) in [7, 11) is 0. The van der Waals surface area contributed by atoms with Crippen molar-refractivity contribution in [2.24, 2.45) is 5.73 Å². The molecule has 0 spiro atoms. The van der Waals surface area contributed by atoms with E-state index in [1.54, 1.807) is 11.5 Å².